The normalized spacial score (nSPS) is 12.0. The number of hydrogen-bond acceptors (Lipinski definition) is 2. The second-order valence-corrected chi connectivity index (χ2v) is 6.30. The number of carbonyl (C=O) groups excluding carboxylic acids is 1. The molecule has 1 aliphatic rings. The van der Waals surface area contributed by atoms with E-state index in [1.165, 1.54) is 0 Å². The van der Waals surface area contributed by atoms with Gasteiger partial charge in [0.15, 0.2) is 0 Å². The number of nitrogens with zero attached hydrogens (tertiary/aromatic N) is 4. The standard InChI is InChI=1S/C21H22N4O.ClH/c1-3-23(4-2)21(26)25-15-24-19(17-12-8-9-13-18(17)25)14-22-20(24)16-10-6-5-7-11-16;/h5-14H,3-4,15H2,1-2H3;1H. The van der Waals surface area contributed by atoms with Crippen LogP contribution in [0, 0.1) is 0 Å². The molecule has 1 aliphatic heterocycles. The Balaban J connectivity index is 0.00000210. The molecule has 2 heterocycles. The smallest absolute Gasteiger partial charge is 0.325 e. The summed E-state index contributed by atoms with van der Waals surface area (Å²) in [6, 6.07) is 18.2. The summed E-state index contributed by atoms with van der Waals surface area (Å²) < 4.78 is 2.12. The molecular weight excluding hydrogens is 360 g/mol. The van der Waals surface area contributed by atoms with Crippen molar-refractivity contribution in [3.05, 3.63) is 60.8 Å². The number of amides is 2. The number of rotatable bonds is 3. The largest absolute Gasteiger partial charge is 0.325 e. The minimum absolute atomic E-state index is 0. The molecule has 6 heteroatoms. The van der Waals surface area contributed by atoms with Gasteiger partial charge in [-0.05, 0) is 19.9 Å². The molecule has 2 aromatic carbocycles. The fourth-order valence-electron chi connectivity index (χ4n) is 3.52. The number of fused-ring (bicyclic) bond motifs is 3. The lowest BCUT2D eigenvalue weighted by atomic mass is 10.1. The van der Waals surface area contributed by atoms with Gasteiger partial charge in [0.2, 0.25) is 0 Å². The van der Waals surface area contributed by atoms with Crippen LogP contribution in [-0.4, -0.2) is 33.6 Å². The lowest BCUT2D eigenvalue weighted by Crippen LogP contribution is -2.45. The van der Waals surface area contributed by atoms with Crippen molar-refractivity contribution in [2.24, 2.45) is 0 Å². The first-order chi connectivity index (χ1) is 12.7. The first-order valence-electron chi connectivity index (χ1n) is 9.01. The molecule has 4 rings (SSSR count). The highest BCUT2D eigenvalue weighted by molar-refractivity contribution is 5.97. The summed E-state index contributed by atoms with van der Waals surface area (Å²) in [6.45, 7) is 5.86. The van der Waals surface area contributed by atoms with Crippen LogP contribution in [0.5, 0.6) is 0 Å². The highest BCUT2D eigenvalue weighted by atomic mass is 35.5. The Kier molecular flexibility index (Phi) is 5.51. The van der Waals surface area contributed by atoms with Gasteiger partial charge in [-0.15, -0.1) is 12.4 Å². The molecule has 0 aliphatic carbocycles. The maximum absolute atomic E-state index is 13.1. The molecule has 1 aromatic heterocycles. The van der Waals surface area contributed by atoms with Crippen molar-refractivity contribution < 1.29 is 4.79 Å². The Bertz CT molecular complexity index is 921. The van der Waals surface area contributed by atoms with E-state index in [9.17, 15) is 4.79 Å². The van der Waals surface area contributed by atoms with E-state index >= 15 is 0 Å². The maximum Gasteiger partial charge on any atom is 0.325 e. The van der Waals surface area contributed by atoms with Gasteiger partial charge in [-0.3, -0.25) is 4.90 Å². The lowest BCUT2D eigenvalue weighted by molar-refractivity contribution is 0.208. The number of imidazole rings is 1. The van der Waals surface area contributed by atoms with Crippen LogP contribution in [0.25, 0.3) is 22.6 Å². The molecule has 0 saturated carbocycles. The van der Waals surface area contributed by atoms with Gasteiger partial charge in [0.25, 0.3) is 0 Å². The van der Waals surface area contributed by atoms with Crippen molar-refractivity contribution in [1.82, 2.24) is 14.5 Å². The molecule has 140 valence electrons. The number of benzene rings is 2. The highest BCUT2D eigenvalue weighted by Crippen LogP contribution is 2.38. The minimum atomic E-state index is 0. The van der Waals surface area contributed by atoms with Gasteiger partial charge in [0, 0.05) is 24.2 Å². The Morgan fingerprint density at radius 3 is 2.41 bits per heavy atom. The summed E-state index contributed by atoms with van der Waals surface area (Å²) in [7, 11) is 0. The van der Waals surface area contributed by atoms with Crippen molar-refractivity contribution in [3.8, 4) is 22.6 Å². The topological polar surface area (TPSA) is 41.4 Å². The third-order valence-electron chi connectivity index (χ3n) is 4.91. The van der Waals surface area contributed by atoms with Crippen molar-refractivity contribution in [1.29, 1.82) is 0 Å². The third-order valence-corrected chi connectivity index (χ3v) is 4.91. The SMILES string of the molecule is CCN(CC)C(=O)N1Cn2c(cnc2-c2ccccc2)-c2ccccc21.Cl. The summed E-state index contributed by atoms with van der Waals surface area (Å²) in [5.74, 6) is 0.882. The van der Waals surface area contributed by atoms with E-state index in [1.807, 2.05) is 78.4 Å². The van der Waals surface area contributed by atoms with Gasteiger partial charge < -0.3 is 9.47 Å². The molecule has 0 N–H and O–H groups in total. The van der Waals surface area contributed by atoms with E-state index in [-0.39, 0.29) is 18.4 Å². The number of halogens is 1. The summed E-state index contributed by atoms with van der Waals surface area (Å²) in [5.41, 5.74) is 4.07. The lowest BCUT2D eigenvalue weighted by Gasteiger charge is -2.35. The second kappa shape index (κ2) is 7.84. The van der Waals surface area contributed by atoms with Crippen LogP contribution in [-0.2, 0) is 6.67 Å². The average molecular weight is 383 g/mol. The van der Waals surface area contributed by atoms with Crippen molar-refractivity contribution in [2.45, 2.75) is 20.5 Å². The zero-order valence-corrected chi connectivity index (χ0v) is 16.3. The Labute approximate surface area is 165 Å². The van der Waals surface area contributed by atoms with Crippen LogP contribution >= 0.6 is 12.4 Å². The number of hydrogen-bond donors (Lipinski definition) is 0. The molecule has 0 fully saturated rings. The number of anilines is 1. The Morgan fingerprint density at radius 1 is 1.04 bits per heavy atom. The number of aromatic nitrogens is 2. The van der Waals surface area contributed by atoms with E-state index < -0.39 is 0 Å². The van der Waals surface area contributed by atoms with Crippen molar-refractivity contribution >= 4 is 24.1 Å². The zero-order chi connectivity index (χ0) is 18.1. The molecule has 0 saturated heterocycles. The molecular formula is C21H23ClN4O. The van der Waals surface area contributed by atoms with Crippen LogP contribution < -0.4 is 4.90 Å². The first kappa shape index (κ1) is 19.0. The molecule has 27 heavy (non-hydrogen) atoms. The molecule has 0 unspecified atom stereocenters. The van der Waals surface area contributed by atoms with Crippen LogP contribution in [0.1, 0.15) is 13.8 Å². The van der Waals surface area contributed by atoms with E-state index in [4.69, 9.17) is 0 Å². The van der Waals surface area contributed by atoms with Gasteiger partial charge >= 0.3 is 6.03 Å². The van der Waals surface area contributed by atoms with E-state index in [0.29, 0.717) is 19.8 Å². The van der Waals surface area contributed by atoms with Crippen molar-refractivity contribution in [2.75, 3.05) is 18.0 Å². The predicted octanol–water partition coefficient (Wildman–Crippen LogP) is 4.88. The van der Waals surface area contributed by atoms with Gasteiger partial charge in [0.05, 0.1) is 17.6 Å². The molecule has 5 nitrogen and oxygen atoms in total. The molecule has 0 atom stereocenters. The minimum Gasteiger partial charge on any atom is -0.325 e. The van der Waals surface area contributed by atoms with Crippen LogP contribution in [0.2, 0.25) is 0 Å². The second-order valence-electron chi connectivity index (χ2n) is 6.30. The molecule has 0 bridgehead atoms. The number of para-hydroxylation sites is 1. The fraction of sp³-hybridized carbons (Fsp3) is 0.238. The van der Waals surface area contributed by atoms with Crippen LogP contribution in [0.4, 0.5) is 10.5 Å². The molecule has 2 amide bonds. The van der Waals surface area contributed by atoms with Gasteiger partial charge in [-0.25, -0.2) is 9.78 Å². The summed E-state index contributed by atoms with van der Waals surface area (Å²) in [4.78, 5) is 21.5. The number of urea groups is 1. The molecule has 0 radical (unpaired) electrons. The predicted molar refractivity (Wildman–Crippen MR) is 111 cm³/mol. The van der Waals surface area contributed by atoms with E-state index in [0.717, 1.165) is 28.3 Å². The quantitative estimate of drug-likeness (QED) is 0.647. The molecule has 0 spiro atoms. The Hall–Kier alpha value is -2.79. The summed E-state index contributed by atoms with van der Waals surface area (Å²) in [5, 5.41) is 0. The average Bonchev–Trinajstić information content (AvgIpc) is 3.13. The van der Waals surface area contributed by atoms with E-state index in [1.54, 1.807) is 0 Å². The fourth-order valence-corrected chi connectivity index (χ4v) is 3.52. The van der Waals surface area contributed by atoms with Gasteiger partial charge in [-0.2, -0.15) is 0 Å². The van der Waals surface area contributed by atoms with Crippen molar-refractivity contribution in [3.63, 3.8) is 0 Å². The van der Waals surface area contributed by atoms with E-state index in [2.05, 4.69) is 15.6 Å². The zero-order valence-electron chi connectivity index (χ0n) is 15.5. The Morgan fingerprint density at radius 2 is 1.70 bits per heavy atom. The maximum atomic E-state index is 13.1. The molecule has 3 aromatic rings. The summed E-state index contributed by atoms with van der Waals surface area (Å²) >= 11 is 0. The highest BCUT2D eigenvalue weighted by Gasteiger charge is 2.30. The first-order valence-corrected chi connectivity index (χ1v) is 9.01. The van der Waals surface area contributed by atoms with Crippen LogP contribution in [0.3, 0.4) is 0 Å². The van der Waals surface area contributed by atoms with Gasteiger partial charge in [-0.1, -0.05) is 48.5 Å². The summed E-state index contributed by atoms with van der Waals surface area (Å²) in [6.07, 6.45) is 1.90. The third kappa shape index (κ3) is 3.19. The number of carbonyl (C=O) groups is 1. The van der Waals surface area contributed by atoms with Gasteiger partial charge in [0.1, 0.15) is 12.5 Å². The monoisotopic (exact) mass is 382 g/mol. The van der Waals surface area contributed by atoms with Crippen LogP contribution in [0.15, 0.2) is 60.8 Å².